The molecule has 2 aromatic rings. The molecule has 3 heterocycles. The number of amides is 2. The number of morpholine rings is 1. The molecule has 0 radical (unpaired) electrons. The summed E-state index contributed by atoms with van der Waals surface area (Å²) in [5.74, 6) is -0.296. The van der Waals surface area contributed by atoms with E-state index >= 15 is 0 Å². The zero-order chi connectivity index (χ0) is 25.5. The van der Waals surface area contributed by atoms with Gasteiger partial charge in [0.05, 0.1) is 19.3 Å². The first-order valence-corrected chi connectivity index (χ1v) is 13.0. The third kappa shape index (κ3) is 6.49. The molecular weight excluding hydrogens is 454 g/mol. The third-order valence-electron chi connectivity index (χ3n) is 6.95. The highest BCUT2D eigenvalue weighted by molar-refractivity contribution is 6.03. The number of carbonyl (C=O) groups excluding carboxylic acids is 2. The third-order valence-corrected chi connectivity index (χ3v) is 6.95. The molecule has 0 bridgehead atoms. The number of benzene rings is 1. The normalized spacial score (nSPS) is 19.6. The van der Waals surface area contributed by atoms with E-state index in [1.54, 1.807) is 17.3 Å². The van der Waals surface area contributed by atoms with Crippen LogP contribution < -0.4 is 15.5 Å². The van der Waals surface area contributed by atoms with Crippen molar-refractivity contribution < 1.29 is 14.3 Å². The van der Waals surface area contributed by atoms with E-state index in [-0.39, 0.29) is 23.3 Å². The summed E-state index contributed by atoms with van der Waals surface area (Å²) in [7, 11) is 0. The largest absolute Gasteiger partial charge is 0.379 e. The van der Waals surface area contributed by atoms with Crippen molar-refractivity contribution in [2.75, 3.05) is 50.8 Å². The number of carbonyl (C=O) groups is 2. The highest BCUT2D eigenvalue weighted by Crippen LogP contribution is 2.32. The molecule has 2 amide bonds. The first-order chi connectivity index (χ1) is 17.3. The van der Waals surface area contributed by atoms with Crippen molar-refractivity contribution in [3.8, 4) is 0 Å². The molecule has 2 saturated heterocycles. The second-order valence-corrected chi connectivity index (χ2v) is 10.6. The SMILES string of the molecule is CC(C)(C)c1ccc(N(C(=O)[C@H]2CCCN2)C(C(=O)NCCN2CCOCC2)c2cccnc2)cc1. The van der Waals surface area contributed by atoms with E-state index in [4.69, 9.17) is 4.74 Å². The Kier molecular flexibility index (Phi) is 8.72. The lowest BCUT2D eigenvalue weighted by Gasteiger charge is -2.34. The lowest BCUT2D eigenvalue weighted by atomic mass is 9.87. The molecule has 2 atom stereocenters. The molecule has 2 aliphatic heterocycles. The summed E-state index contributed by atoms with van der Waals surface area (Å²) in [4.78, 5) is 35.9. The van der Waals surface area contributed by atoms with E-state index in [9.17, 15) is 9.59 Å². The van der Waals surface area contributed by atoms with Gasteiger partial charge in [-0.3, -0.25) is 24.4 Å². The van der Waals surface area contributed by atoms with Gasteiger partial charge in [-0.25, -0.2) is 0 Å². The number of nitrogens with zero attached hydrogens (tertiary/aromatic N) is 3. The highest BCUT2D eigenvalue weighted by atomic mass is 16.5. The minimum Gasteiger partial charge on any atom is -0.379 e. The zero-order valence-corrected chi connectivity index (χ0v) is 21.7. The number of anilines is 1. The Labute approximate surface area is 214 Å². The van der Waals surface area contributed by atoms with Crippen molar-refractivity contribution in [3.63, 3.8) is 0 Å². The van der Waals surface area contributed by atoms with Crippen LogP contribution >= 0.6 is 0 Å². The van der Waals surface area contributed by atoms with Crippen molar-refractivity contribution >= 4 is 17.5 Å². The van der Waals surface area contributed by atoms with Crippen molar-refractivity contribution in [1.29, 1.82) is 0 Å². The number of nitrogens with one attached hydrogen (secondary N) is 2. The van der Waals surface area contributed by atoms with E-state index < -0.39 is 6.04 Å². The fourth-order valence-corrected chi connectivity index (χ4v) is 4.80. The lowest BCUT2D eigenvalue weighted by Crippen LogP contribution is -2.51. The summed E-state index contributed by atoms with van der Waals surface area (Å²) in [5, 5.41) is 6.41. The molecule has 0 spiro atoms. The van der Waals surface area contributed by atoms with Crippen LogP contribution in [0.25, 0.3) is 0 Å². The van der Waals surface area contributed by atoms with Gasteiger partial charge in [0.1, 0.15) is 6.04 Å². The van der Waals surface area contributed by atoms with Crippen molar-refractivity contribution in [1.82, 2.24) is 20.5 Å². The van der Waals surface area contributed by atoms with Gasteiger partial charge in [-0.1, -0.05) is 39.0 Å². The van der Waals surface area contributed by atoms with Gasteiger partial charge in [-0.2, -0.15) is 0 Å². The zero-order valence-electron chi connectivity index (χ0n) is 21.7. The van der Waals surface area contributed by atoms with Crippen LogP contribution in [0.5, 0.6) is 0 Å². The molecule has 2 fully saturated rings. The molecule has 8 nitrogen and oxygen atoms in total. The highest BCUT2D eigenvalue weighted by Gasteiger charge is 2.37. The van der Waals surface area contributed by atoms with Crippen molar-refractivity contribution in [2.24, 2.45) is 0 Å². The van der Waals surface area contributed by atoms with Crippen LogP contribution in [-0.2, 0) is 19.7 Å². The Bertz CT molecular complexity index is 994. The first kappa shape index (κ1) is 26.3. The standard InChI is InChI=1S/C28H39N5O3/c1-28(2,3)22-8-10-23(11-9-22)33(27(35)24-7-5-13-30-24)25(21-6-4-12-29-20-21)26(34)31-14-15-32-16-18-36-19-17-32/h4,6,8-12,20,24-25,30H,5,7,13-19H2,1-3H3,(H,31,34)/t24-,25?/m1/s1. The predicted molar refractivity (Wildman–Crippen MR) is 141 cm³/mol. The summed E-state index contributed by atoms with van der Waals surface area (Å²) >= 11 is 0. The molecule has 1 unspecified atom stereocenters. The Morgan fingerprint density at radius 3 is 2.56 bits per heavy atom. The van der Waals surface area contributed by atoms with E-state index in [1.165, 1.54) is 5.56 Å². The minimum atomic E-state index is -0.821. The number of aromatic nitrogens is 1. The summed E-state index contributed by atoms with van der Waals surface area (Å²) in [6.45, 7) is 11.7. The molecular formula is C28H39N5O3. The maximum atomic E-state index is 13.9. The molecule has 36 heavy (non-hydrogen) atoms. The van der Waals surface area contributed by atoms with Gasteiger partial charge in [-0.05, 0) is 48.6 Å². The summed E-state index contributed by atoms with van der Waals surface area (Å²) in [5.41, 5.74) is 2.55. The molecule has 8 heteroatoms. The Balaban J connectivity index is 1.64. The Morgan fingerprint density at radius 1 is 1.19 bits per heavy atom. The summed E-state index contributed by atoms with van der Waals surface area (Å²) < 4.78 is 5.42. The van der Waals surface area contributed by atoms with Crippen LogP contribution in [-0.4, -0.2) is 73.7 Å². The number of hydrogen-bond donors (Lipinski definition) is 2. The number of pyridine rings is 1. The van der Waals surface area contributed by atoms with Crippen molar-refractivity contribution in [2.45, 2.75) is 51.1 Å². The quantitative estimate of drug-likeness (QED) is 0.588. The number of hydrogen-bond acceptors (Lipinski definition) is 6. The first-order valence-electron chi connectivity index (χ1n) is 13.0. The Morgan fingerprint density at radius 2 is 1.94 bits per heavy atom. The van der Waals surface area contributed by atoms with Crippen LogP contribution in [0.15, 0.2) is 48.8 Å². The van der Waals surface area contributed by atoms with Gasteiger partial charge < -0.3 is 15.4 Å². The van der Waals surface area contributed by atoms with Crippen LogP contribution in [0.3, 0.4) is 0 Å². The van der Waals surface area contributed by atoms with Crippen LogP contribution in [0.4, 0.5) is 5.69 Å². The molecule has 2 aliphatic rings. The topological polar surface area (TPSA) is 86.8 Å². The molecule has 0 aliphatic carbocycles. The second kappa shape index (κ2) is 12.0. The molecule has 4 rings (SSSR count). The van der Waals surface area contributed by atoms with Gasteiger partial charge in [0.15, 0.2) is 0 Å². The summed E-state index contributed by atoms with van der Waals surface area (Å²) in [6.07, 6.45) is 5.06. The predicted octanol–water partition coefficient (Wildman–Crippen LogP) is 2.65. The minimum absolute atomic E-state index is 0.0139. The molecule has 1 aromatic carbocycles. The summed E-state index contributed by atoms with van der Waals surface area (Å²) in [6, 6.07) is 10.6. The van der Waals surface area contributed by atoms with Gasteiger partial charge >= 0.3 is 0 Å². The average Bonchev–Trinajstić information content (AvgIpc) is 3.43. The van der Waals surface area contributed by atoms with E-state index in [2.05, 4.69) is 41.3 Å². The van der Waals surface area contributed by atoms with Crippen molar-refractivity contribution in [3.05, 3.63) is 59.9 Å². The van der Waals surface area contributed by atoms with Crippen LogP contribution in [0.2, 0.25) is 0 Å². The van der Waals surface area contributed by atoms with E-state index in [0.29, 0.717) is 31.0 Å². The molecule has 2 N–H and O–H groups in total. The van der Waals surface area contributed by atoms with Gasteiger partial charge in [0, 0.05) is 49.8 Å². The maximum Gasteiger partial charge on any atom is 0.247 e. The Hall–Kier alpha value is -2.81. The maximum absolute atomic E-state index is 13.9. The van der Waals surface area contributed by atoms with Crippen LogP contribution in [0.1, 0.15) is 50.8 Å². The second-order valence-electron chi connectivity index (χ2n) is 10.6. The number of rotatable bonds is 8. The van der Waals surface area contributed by atoms with E-state index in [1.807, 2.05) is 36.4 Å². The van der Waals surface area contributed by atoms with Gasteiger partial charge in [0.2, 0.25) is 11.8 Å². The average molecular weight is 494 g/mol. The fourth-order valence-electron chi connectivity index (χ4n) is 4.80. The van der Waals surface area contributed by atoms with Gasteiger partial charge in [-0.15, -0.1) is 0 Å². The molecule has 0 saturated carbocycles. The van der Waals surface area contributed by atoms with Crippen LogP contribution in [0, 0.1) is 0 Å². The number of ether oxygens (including phenoxy) is 1. The lowest BCUT2D eigenvalue weighted by molar-refractivity contribution is -0.127. The smallest absolute Gasteiger partial charge is 0.247 e. The molecule has 194 valence electrons. The van der Waals surface area contributed by atoms with Gasteiger partial charge in [0.25, 0.3) is 0 Å². The fraction of sp³-hybridized carbons (Fsp3) is 0.536. The molecule has 1 aromatic heterocycles. The monoisotopic (exact) mass is 493 g/mol. The van der Waals surface area contributed by atoms with E-state index in [0.717, 1.165) is 39.0 Å².